The minimum atomic E-state index is -0.777. The van der Waals surface area contributed by atoms with E-state index in [9.17, 15) is 9.59 Å². The molecule has 88 valence electrons. The van der Waals surface area contributed by atoms with Crippen molar-refractivity contribution >= 4 is 12.1 Å². The predicted molar refractivity (Wildman–Crippen MR) is 53.4 cm³/mol. The van der Waals surface area contributed by atoms with E-state index in [1.165, 1.54) is 7.11 Å². The van der Waals surface area contributed by atoms with Gasteiger partial charge in [-0.2, -0.15) is 0 Å². The molecule has 0 spiro atoms. The van der Waals surface area contributed by atoms with Gasteiger partial charge in [0.1, 0.15) is 13.2 Å². The Bertz CT molecular complexity index is 222. The molecule has 0 N–H and O–H groups in total. The second-order valence-electron chi connectivity index (χ2n) is 3.68. The van der Waals surface area contributed by atoms with Crippen LogP contribution in [-0.2, 0) is 19.0 Å². The van der Waals surface area contributed by atoms with Gasteiger partial charge >= 0.3 is 12.1 Å². The maximum Gasteiger partial charge on any atom is 0.508 e. The molecule has 0 saturated heterocycles. The molecule has 0 radical (unpaired) electrons. The van der Waals surface area contributed by atoms with Crippen LogP contribution >= 0.6 is 0 Å². The largest absolute Gasteiger partial charge is 0.508 e. The lowest BCUT2D eigenvalue weighted by Gasteiger charge is -2.19. The highest BCUT2D eigenvalue weighted by molar-refractivity contribution is 5.75. The number of methoxy groups -OCH3 is 1. The lowest BCUT2D eigenvalue weighted by Crippen LogP contribution is -2.27. The molecule has 0 fully saturated rings. The first-order valence-corrected chi connectivity index (χ1v) is 4.82. The zero-order valence-corrected chi connectivity index (χ0v) is 9.66. The minimum Gasteiger partial charge on any atom is -0.462 e. The smallest absolute Gasteiger partial charge is 0.462 e. The number of carbonyl (C=O) groups is 2. The topological polar surface area (TPSA) is 61.8 Å². The first-order valence-electron chi connectivity index (χ1n) is 4.82. The van der Waals surface area contributed by atoms with E-state index in [-0.39, 0.29) is 19.2 Å². The lowest BCUT2D eigenvalue weighted by molar-refractivity contribution is -0.155. The van der Waals surface area contributed by atoms with E-state index in [2.05, 4.69) is 9.47 Å². The van der Waals surface area contributed by atoms with Gasteiger partial charge in [0.05, 0.1) is 12.5 Å². The van der Waals surface area contributed by atoms with E-state index in [0.29, 0.717) is 6.42 Å². The van der Waals surface area contributed by atoms with Crippen molar-refractivity contribution in [2.45, 2.75) is 27.2 Å². The Morgan fingerprint density at radius 1 is 1.13 bits per heavy atom. The summed E-state index contributed by atoms with van der Waals surface area (Å²) in [7, 11) is 1.22. The molecule has 0 bridgehead atoms. The lowest BCUT2D eigenvalue weighted by atomic mass is 9.91. The summed E-state index contributed by atoms with van der Waals surface area (Å²) in [4.78, 5) is 21.9. The standard InChI is InChI=1S/C10H18O5/c1-5-10(2,3)8(11)14-6-7-15-9(12)13-4/h5-7H2,1-4H3. The van der Waals surface area contributed by atoms with Crippen molar-refractivity contribution in [2.75, 3.05) is 20.3 Å². The summed E-state index contributed by atoms with van der Waals surface area (Å²) in [5.74, 6) is -0.293. The summed E-state index contributed by atoms with van der Waals surface area (Å²) in [6, 6.07) is 0. The Morgan fingerprint density at radius 2 is 1.67 bits per heavy atom. The van der Waals surface area contributed by atoms with Crippen molar-refractivity contribution in [3.05, 3.63) is 0 Å². The molecule has 0 saturated carbocycles. The van der Waals surface area contributed by atoms with Crippen LogP contribution in [-0.4, -0.2) is 32.4 Å². The molecular weight excluding hydrogens is 200 g/mol. The predicted octanol–water partition coefficient (Wildman–Crippen LogP) is 1.75. The maximum absolute atomic E-state index is 11.4. The molecule has 0 aliphatic heterocycles. The highest BCUT2D eigenvalue weighted by Crippen LogP contribution is 2.21. The van der Waals surface area contributed by atoms with Crippen molar-refractivity contribution in [2.24, 2.45) is 5.41 Å². The molecule has 0 aromatic rings. The fraction of sp³-hybridized carbons (Fsp3) is 0.800. The van der Waals surface area contributed by atoms with Gasteiger partial charge in [0.15, 0.2) is 0 Å². The zero-order valence-electron chi connectivity index (χ0n) is 9.66. The van der Waals surface area contributed by atoms with Crippen molar-refractivity contribution in [3.63, 3.8) is 0 Å². The third-order valence-corrected chi connectivity index (χ3v) is 2.14. The second-order valence-corrected chi connectivity index (χ2v) is 3.68. The molecule has 0 atom stereocenters. The quantitative estimate of drug-likeness (QED) is 0.519. The van der Waals surface area contributed by atoms with E-state index >= 15 is 0 Å². The Hall–Kier alpha value is -1.26. The molecule has 0 aliphatic carbocycles. The average molecular weight is 218 g/mol. The fourth-order valence-corrected chi connectivity index (χ4v) is 0.658. The number of hydrogen-bond acceptors (Lipinski definition) is 5. The van der Waals surface area contributed by atoms with Gasteiger partial charge in [-0.3, -0.25) is 4.79 Å². The molecule has 5 nitrogen and oxygen atoms in total. The number of carbonyl (C=O) groups excluding carboxylic acids is 2. The molecule has 0 heterocycles. The highest BCUT2D eigenvalue weighted by atomic mass is 16.7. The Balaban J connectivity index is 3.69. The van der Waals surface area contributed by atoms with Crippen LogP contribution in [0.25, 0.3) is 0 Å². The number of ether oxygens (including phenoxy) is 3. The number of hydrogen-bond donors (Lipinski definition) is 0. The third-order valence-electron chi connectivity index (χ3n) is 2.14. The van der Waals surface area contributed by atoms with Gasteiger partial charge in [0.2, 0.25) is 0 Å². The molecule has 0 aromatic heterocycles. The van der Waals surface area contributed by atoms with Gasteiger partial charge in [-0.15, -0.1) is 0 Å². The highest BCUT2D eigenvalue weighted by Gasteiger charge is 2.26. The van der Waals surface area contributed by atoms with Gasteiger partial charge in [-0.05, 0) is 20.3 Å². The monoisotopic (exact) mass is 218 g/mol. The van der Waals surface area contributed by atoms with Crippen LogP contribution in [0.4, 0.5) is 4.79 Å². The molecule has 0 aromatic carbocycles. The zero-order chi connectivity index (χ0) is 11.9. The fourth-order valence-electron chi connectivity index (χ4n) is 0.658. The van der Waals surface area contributed by atoms with Crippen LogP contribution < -0.4 is 0 Å². The SMILES string of the molecule is CCC(C)(C)C(=O)OCCOC(=O)OC. The summed E-state index contributed by atoms with van der Waals surface area (Å²) in [6.07, 6.45) is -0.0789. The van der Waals surface area contributed by atoms with E-state index < -0.39 is 11.6 Å². The molecule has 0 amide bonds. The van der Waals surface area contributed by atoms with Crippen molar-refractivity contribution in [1.29, 1.82) is 0 Å². The van der Waals surface area contributed by atoms with Crippen molar-refractivity contribution < 1.29 is 23.8 Å². The average Bonchev–Trinajstić information content (AvgIpc) is 2.23. The number of esters is 1. The van der Waals surface area contributed by atoms with Crippen LogP contribution in [0.5, 0.6) is 0 Å². The van der Waals surface area contributed by atoms with Gasteiger partial charge < -0.3 is 14.2 Å². The van der Waals surface area contributed by atoms with E-state index in [4.69, 9.17) is 4.74 Å². The maximum atomic E-state index is 11.4. The Labute approximate surface area is 89.7 Å². The van der Waals surface area contributed by atoms with Gasteiger partial charge in [-0.25, -0.2) is 4.79 Å². The van der Waals surface area contributed by atoms with Gasteiger partial charge in [0, 0.05) is 0 Å². The van der Waals surface area contributed by atoms with Crippen molar-refractivity contribution in [3.8, 4) is 0 Å². The first-order chi connectivity index (χ1) is 6.94. The third kappa shape index (κ3) is 5.24. The molecule has 0 aliphatic rings. The second kappa shape index (κ2) is 6.27. The van der Waals surface area contributed by atoms with E-state index in [1.54, 1.807) is 13.8 Å². The van der Waals surface area contributed by atoms with Crippen LogP contribution in [0.2, 0.25) is 0 Å². The molecule has 15 heavy (non-hydrogen) atoms. The van der Waals surface area contributed by atoms with E-state index in [1.807, 2.05) is 6.92 Å². The summed E-state index contributed by atoms with van der Waals surface area (Å²) in [5.41, 5.74) is -0.495. The van der Waals surface area contributed by atoms with Gasteiger partial charge in [0.25, 0.3) is 0 Å². The number of rotatable bonds is 5. The summed E-state index contributed by atoms with van der Waals surface area (Å²) < 4.78 is 13.7. The van der Waals surface area contributed by atoms with Gasteiger partial charge in [-0.1, -0.05) is 6.92 Å². The minimum absolute atomic E-state index is 0.0121. The van der Waals surface area contributed by atoms with Crippen LogP contribution in [0.15, 0.2) is 0 Å². The van der Waals surface area contributed by atoms with Crippen LogP contribution in [0.1, 0.15) is 27.2 Å². The molecular formula is C10H18O5. The summed E-state index contributed by atoms with van der Waals surface area (Å²) in [5, 5.41) is 0. The molecule has 0 unspecified atom stereocenters. The molecule has 0 rings (SSSR count). The van der Waals surface area contributed by atoms with Crippen LogP contribution in [0.3, 0.4) is 0 Å². The Kier molecular flexibility index (Phi) is 5.74. The first kappa shape index (κ1) is 13.7. The summed E-state index contributed by atoms with van der Waals surface area (Å²) in [6.45, 7) is 5.58. The van der Waals surface area contributed by atoms with E-state index in [0.717, 1.165) is 0 Å². The van der Waals surface area contributed by atoms with Crippen LogP contribution in [0, 0.1) is 5.41 Å². The Morgan fingerprint density at radius 3 is 2.13 bits per heavy atom. The molecule has 5 heteroatoms. The normalized spacial score (nSPS) is 10.7. The van der Waals surface area contributed by atoms with Crippen molar-refractivity contribution in [1.82, 2.24) is 0 Å². The summed E-state index contributed by atoms with van der Waals surface area (Å²) >= 11 is 0.